The summed E-state index contributed by atoms with van der Waals surface area (Å²) in [7, 11) is 1.89. The molecule has 0 bridgehead atoms. The monoisotopic (exact) mass is 297 g/mol. The maximum absolute atomic E-state index is 12.5. The molecule has 22 heavy (non-hydrogen) atoms. The lowest BCUT2D eigenvalue weighted by atomic mass is 9.87. The van der Waals surface area contributed by atoms with Crippen LogP contribution in [0.5, 0.6) is 0 Å². The van der Waals surface area contributed by atoms with Gasteiger partial charge in [0.05, 0.1) is 5.69 Å². The predicted octanol–water partition coefficient (Wildman–Crippen LogP) is 3.46. The van der Waals surface area contributed by atoms with Gasteiger partial charge in [-0.2, -0.15) is 5.10 Å². The lowest BCUT2D eigenvalue weighted by Crippen LogP contribution is -2.16. The fourth-order valence-corrected chi connectivity index (χ4v) is 2.98. The smallest absolute Gasteiger partial charge is 0.256 e. The first-order valence-electron chi connectivity index (χ1n) is 7.83. The minimum Gasteiger partial charge on any atom is -0.307 e. The molecular weight excluding hydrogens is 274 g/mol. The first-order chi connectivity index (χ1) is 10.4. The number of aromatic nitrogens is 2. The number of rotatable bonds is 2. The molecule has 0 saturated carbocycles. The third-order valence-corrected chi connectivity index (χ3v) is 4.31. The third kappa shape index (κ3) is 2.65. The van der Waals surface area contributed by atoms with Crippen molar-refractivity contribution < 1.29 is 4.79 Å². The first kappa shape index (κ1) is 14.8. The Bertz CT molecular complexity index is 705. The quantitative estimate of drug-likeness (QED) is 0.922. The zero-order chi connectivity index (χ0) is 15.9. The lowest BCUT2D eigenvalue weighted by Gasteiger charge is -2.19. The van der Waals surface area contributed by atoms with Gasteiger partial charge in [-0.15, -0.1) is 0 Å². The number of nitrogens with zero attached hydrogens (tertiary/aromatic N) is 2. The molecule has 3 rings (SSSR count). The molecule has 1 aliphatic carbocycles. The summed E-state index contributed by atoms with van der Waals surface area (Å²) in [6, 6.07) is 7.85. The summed E-state index contributed by atoms with van der Waals surface area (Å²) in [4.78, 5) is 12.5. The highest BCUT2D eigenvalue weighted by molar-refractivity contribution is 6.04. The molecule has 116 valence electrons. The van der Waals surface area contributed by atoms with E-state index in [-0.39, 0.29) is 11.3 Å². The average Bonchev–Trinajstić information content (AvgIpc) is 3.01. The second-order valence-corrected chi connectivity index (χ2v) is 7.03. The van der Waals surface area contributed by atoms with E-state index in [9.17, 15) is 4.79 Å². The number of benzene rings is 1. The number of hydrogen-bond donors (Lipinski definition) is 1. The van der Waals surface area contributed by atoms with E-state index < -0.39 is 0 Å². The van der Waals surface area contributed by atoms with Crippen LogP contribution in [0, 0.1) is 0 Å². The van der Waals surface area contributed by atoms with Gasteiger partial charge in [0.25, 0.3) is 5.91 Å². The summed E-state index contributed by atoms with van der Waals surface area (Å²) in [5.74, 6) is 0.774. The molecule has 0 fully saturated rings. The first-order valence-corrected chi connectivity index (χ1v) is 7.83. The van der Waals surface area contributed by atoms with Crippen LogP contribution in [0.1, 0.15) is 54.4 Å². The van der Waals surface area contributed by atoms with E-state index in [1.165, 1.54) is 11.1 Å². The topological polar surface area (TPSA) is 46.9 Å². The molecule has 0 unspecified atom stereocenters. The highest BCUT2D eigenvalue weighted by Gasteiger charge is 2.22. The second-order valence-electron chi connectivity index (χ2n) is 7.03. The van der Waals surface area contributed by atoms with Gasteiger partial charge in [0, 0.05) is 18.2 Å². The van der Waals surface area contributed by atoms with Crippen LogP contribution in [-0.4, -0.2) is 15.7 Å². The van der Waals surface area contributed by atoms with Crippen LogP contribution < -0.4 is 5.32 Å². The summed E-state index contributed by atoms with van der Waals surface area (Å²) < 4.78 is 1.78. The largest absolute Gasteiger partial charge is 0.307 e. The minimum absolute atomic E-state index is 0.0711. The number of fused-ring (bicyclic) bond motifs is 1. The molecule has 0 spiro atoms. The number of carbonyl (C=O) groups excluding carboxylic acids is 1. The van der Waals surface area contributed by atoms with Gasteiger partial charge in [0.1, 0.15) is 5.82 Å². The van der Waals surface area contributed by atoms with Crippen molar-refractivity contribution in [3.8, 4) is 0 Å². The molecule has 1 aliphatic rings. The number of hydrogen-bond acceptors (Lipinski definition) is 2. The number of carbonyl (C=O) groups is 1. The van der Waals surface area contributed by atoms with Gasteiger partial charge in [-0.05, 0) is 42.4 Å². The average molecular weight is 297 g/mol. The second kappa shape index (κ2) is 5.27. The van der Waals surface area contributed by atoms with Gasteiger partial charge in [-0.1, -0.05) is 32.9 Å². The van der Waals surface area contributed by atoms with Gasteiger partial charge < -0.3 is 5.32 Å². The number of anilines is 1. The van der Waals surface area contributed by atoms with Crippen molar-refractivity contribution in [3.05, 3.63) is 46.6 Å². The van der Waals surface area contributed by atoms with Crippen molar-refractivity contribution in [3.63, 3.8) is 0 Å². The van der Waals surface area contributed by atoms with Crippen molar-refractivity contribution in [1.29, 1.82) is 0 Å². The van der Waals surface area contributed by atoms with Crippen LogP contribution in [0.4, 0.5) is 5.82 Å². The van der Waals surface area contributed by atoms with Crippen molar-refractivity contribution in [2.24, 2.45) is 7.05 Å². The molecular formula is C18H23N3O. The van der Waals surface area contributed by atoms with E-state index in [0.29, 0.717) is 5.56 Å². The van der Waals surface area contributed by atoms with E-state index in [4.69, 9.17) is 0 Å². The van der Waals surface area contributed by atoms with E-state index in [0.717, 1.165) is 30.8 Å². The number of nitrogens with one attached hydrogen (secondary N) is 1. The van der Waals surface area contributed by atoms with Crippen LogP contribution in [-0.2, 0) is 25.3 Å². The van der Waals surface area contributed by atoms with Crippen molar-refractivity contribution >= 4 is 11.7 Å². The van der Waals surface area contributed by atoms with E-state index in [1.54, 1.807) is 4.68 Å². The molecule has 0 radical (unpaired) electrons. The summed E-state index contributed by atoms with van der Waals surface area (Å²) in [5.41, 5.74) is 4.33. The molecule has 1 N–H and O–H groups in total. The Kier molecular flexibility index (Phi) is 3.55. The van der Waals surface area contributed by atoms with Gasteiger partial charge in [0.15, 0.2) is 0 Å². The molecule has 2 aromatic rings. The number of amides is 1. The molecule has 1 aromatic heterocycles. The molecule has 0 atom stereocenters. The van der Waals surface area contributed by atoms with Gasteiger partial charge in [-0.25, -0.2) is 0 Å². The highest BCUT2D eigenvalue weighted by atomic mass is 16.1. The molecule has 1 amide bonds. The maximum Gasteiger partial charge on any atom is 0.256 e. The lowest BCUT2D eigenvalue weighted by molar-refractivity contribution is 0.102. The Hall–Kier alpha value is -2.10. The Balaban J connectivity index is 1.81. The molecule has 1 aromatic carbocycles. The van der Waals surface area contributed by atoms with Crippen LogP contribution in [0.15, 0.2) is 24.3 Å². The van der Waals surface area contributed by atoms with Crippen LogP contribution in [0.3, 0.4) is 0 Å². The minimum atomic E-state index is -0.0711. The molecule has 0 saturated heterocycles. The molecule has 1 heterocycles. The van der Waals surface area contributed by atoms with Gasteiger partial charge >= 0.3 is 0 Å². The normalized spacial score (nSPS) is 14.0. The van der Waals surface area contributed by atoms with E-state index >= 15 is 0 Å². The molecule has 0 aliphatic heterocycles. The Morgan fingerprint density at radius 2 is 1.86 bits per heavy atom. The summed E-state index contributed by atoms with van der Waals surface area (Å²) in [5, 5.41) is 7.51. The maximum atomic E-state index is 12.5. The fraction of sp³-hybridized carbons (Fsp3) is 0.444. The summed E-state index contributed by atoms with van der Waals surface area (Å²) in [6.45, 7) is 6.50. The zero-order valence-corrected chi connectivity index (χ0v) is 13.7. The zero-order valence-electron chi connectivity index (χ0n) is 13.7. The van der Waals surface area contributed by atoms with E-state index in [2.05, 4.69) is 31.2 Å². The van der Waals surface area contributed by atoms with E-state index in [1.807, 2.05) is 31.3 Å². The number of aryl methyl sites for hydroxylation is 2. The Morgan fingerprint density at radius 1 is 1.18 bits per heavy atom. The molecule has 4 nitrogen and oxygen atoms in total. The van der Waals surface area contributed by atoms with Crippen LogP contribution >= 0.6 is 0 Å². The Labute approximate surface area is 131 Å². The van der Waals surface area contributed by atoms with Crippen molar-refractivity contribution in [1.82, 2.24) is 9.78 Å². The summed E-state index contributed by atoms with van der Waals surface area (Å²) >= 11 is 0. The molecule has 4 heteroatoms. The van der Waals surface area contributed by atoms with Crippen LogP contribution in [0.25, 0.3) is 0 Å². The van der Waals surface area contributed by atoms with Gasteiger partial charge in [-0.3, -0.25) is 9.48 Å². The van der Waals surface area contributed by atoms with Gasteiger partial charge in [0.2, 0.25) is 0 Å². The highest BCUT2D eigenvalue weighted by Crippen LogP contribution is 2.28. The SMILES string of the molecule is Cn1nc2c(c1NC(=O)c1ccc(C(C)(C)C)cc1)CCC2. The summed E-state index contributed by atoms with van der Waals surface area (Å²) in [6.07, 6.45) is 3.14. The Morgan fingerprint density at radius 3 is 2.50 bits per heavy atom. The fourth-order valence-electron chi connectivity index (χ4n) is 2.98. The van der Waals surface area contributed by atoms with Crippen LogP contribution in [0.2, 0.25) is 0 Å². The van der Waals surface area contributed by atoms with Crippen molar-refractivity contribution in [2.45, 2.75) is 45.4 Å². The standard InChI is InChI=1S/C18H23N3O/c1-18(2,3)13-10-8-12(9-11-13)17(22)19-16-14-6-5-7-15(14)20-21(16)4/h8-11H,5-7H2,1-4H3,(H,19,22). The predicted molar refractivity (Wildman–Crippen MR) is 88.3 cm³/mol. The third-order valence-electron chi connectivity index (χ3n) is 4.31. The van der Waals surface area contributed by atoms with Crippen molar-refractivity contribution in [2.75, 3.05) is 5.32 Å².